The van der Waals surface area contributed by atoms with E-state index < -0.39 is 15.8 Å². The predicted molar refractivity (Wildman–Crippen MR) is 119 cm³/mol. The Labute approximate surface area is 186 Å². The van der Waals surface area contributed by atoms with Crippen molar-refractivity contribution in [3.8, 4) is 16.9 Å². The summed E-state index contributed by atoms with van der Waals surface area (Å²) in [7, 11) is -2.28. The monoisotopic (exact) mass is 461 g/mol. The van der Waals surface area contributed by atoms with Crippen molar-refractivity contribution in [3.05, 3.63) is 84.3 Å². The number of halogens is 2. The summed E-state index contributed by atoms with van der Waals surface area (Å²) in [4.78, 5) is 4.07. The minimum Gasteiger partial charge on any atom is -0.316 e. The zero-order valence-corrected chi connectivity index (χ0v) is 18.5. The van der Waals surface area contributed by atoms with Crippen LogP contribution in [0.15, 0.2) is 72.3 Å². The zero-order chi connectivity index (χ0) is 21.3. The van der Waals surface area contributed by atoms with Gasteiger partial charge in [0.1, 0.15) is 10.7 Å². The van der Waals surface area contributed by atoms with Gasteiger partial charge in [0.05, 0.1) is 23.8 Å². The first-order valence-electron chi connectivity index (χ1n) is 9.23. The highest BCUT2D eigenvalue weighted by molar-refractivity contribution is 7.90. The van der Waals surface area contributed by atoms with Crippen molar-refractivity contribution in [2.24, 2.45) is 0 Å². The Morgan fingerprint density at radius 2 is 1.87 bits per heavy atom. The Morgan fingerprint density at radius 3 is 2.55 bits per heavy atom. The van der Waals surface area contributed by atoms with E-state index >= 15 is 0 Å². The molecular formula is C21H21ClFN5O2S. The van der Waals surface area contributed by atoms with Crippen molar-refractivity contribution in [1.82, 2.24) is 24.1 Å². The van der Waals surface area contributed by atoms with Gasteiger partial charge in [-0.15, -0.1) is 12.4 Å². The lowest BCUT2D eigenvalue weighted by Gasteiger charge is -2.12. The first-order chi connectivity index (χ1) is 14.4. The molecule has 7 nitrogen and oxygen atoms in total. The average molecular weight is 462 g/mol. The fourth-order valence-electron chi connectivity index (χ4n) is 3.20. The lowest BCUT2D eigenvalue weighted by molar-refractivity contribution is 0.587. The van der Waals surface area contributed by atoms with Crippen molar-refractivity contribution in [1.29, 1.82) is 0 Å². The van der Waals surface area contributed by atoms with E-state index in [1.165, 1.54) is 30.7 Å². The van der Waals surface area contributed by atoms with Gasteiger partial charge in [-0.2, -0.15) is 5.10 Å². The van der Waals surface area contributed by atoms with Crippen molar-refractivity contribution in [3.63, 3.8) is 0 Å². The molecule has 10 heteroatoms. The largest absolute Gasteiger partial charge is 0.316 e. The van der Waals surface area contributed by atoms with Crippen molar-refractivity contribution < 1.29 is 12.8 Å². The Balaban J connectivity index is 0.00000272. The molecule has 4 rings (SSSR count). The molecule has 0 atom stereocenters. The third-order valence-corrected chi connectivity index (χ3v) is 6.24. The smallest absolute Gasteiger partial charge is 0.269 e. The maximum atomic E-state index is 14.5. The molecule has 162 valence electrons. The average Bonchev–Trinajstić information content (AvgIpc) is 3.36. The van der Waals surface area contributed by atoms with E-state index in [-0.39, 0.29) is 28.6 Å². The van der Waals surface area contributed by atoms with Crippen LogP contribution in [0.25, 0.3) is 16.9 Å². The quantitative estimate of drug-likeness (QED) is 0.474. The lowest BCUT2D eigenvalue weighted by atomic mass is 10.1. The van der Waals surface area contributed by atoms with Crippen LogP contribution in [-0.4, -0.2) is 34.2 Å². The lowest BCUT2D eigenvalue weighted by Crippen LogP contribution is -2.14. The molecule has 0 spiro atoms. The zero-order valence-electron chi connectivity index (χ0n) is 16.9. The molecular weight excluding hydrogens is 441 g/mol. The second kappa shape index (κ2) is 9.01. The normalized spacial score (nSPS) is 11.3. The number of nitrogens with one attached hydrogen (secondary N) is 1. The first-order valence-corrected chi connectivity index (χ1v) is 10.7. The van der Waals surface area contributed by atoms with E-state index in [0.717, 1.165) is 9.54 Å². The summed E-state index contributed by atoms with van der Waals surface area (Å²) in [5.74, 6) is -0.498. The number of nitrogens with zero attached hydrogens (tertiary/aromatic N) is 4. The van der Waals surface area contributed by atoms with E-state index in [4.69, 9.17) is 0 Å². The molecule has 3 aromatic heterocycles. The second-order valence-corrected chi connectivity index (χ2v) is 8.70. The number of rotatable bonds is 6. The number of hydrogen-bond acceptors (Lipinski definition) is 5. The highest BCUT2D eigenvalue weighted by Gasteiger charge is 2.24. The summed E-state index contributed by atoms with van der Waals surface area (Å²) in [5.41, 5.74) is 2.62. The molecule has 0 saturated heterocycles. The van der Waals surface area contributed by atoms with Crippen LogP contribution in [0, 0.1) is 12.7 Å². The summed E-state index contributed by atoms with van der Waals surface area (Å²) in [6, 6.07) is 9.26. The van der Waals surface area contributed by atoms with Gasteiger partial charge >= 0.3 is 0 Å². The molecule has 1 aromatic carbocycles. The summed E-state index contributed by atoms with van der Waals surface area (Å²) < 4.78 is 44.1. The minimum absolute atomic E-state index is 0. The summed E-state index contributed by atoms with van der Waals surface area (Å²) >= 11 is 0. The number of benzene rings is 1. The Morgan fingerprint density at radius 1 is 1.10 bits per heavy atom. The molecule has 1 N–H and O–H groups in total. The fraction of sp³-hybridized carbons (Fsp3) is 0.143. The molecule has 0 amide bonds. The van der Waals surface area contributed by atoms with Gasteiger partial charge in [-0.1, -0.05) is 12.1 Å². The van der Waals surface area contributed by atoms with Crippen molar-refractivity contribution in [2.75, 3.05) is 7.05 Å². The van der Waals surface area contributed by atoms with Crippen LogP contribution in [0.5, 0.6) is 0 Å². The predicted octanol–water partition coefficient (Wildman–Crippen LogP) is 3.56. The van der Waals surface area contributed by atoms with Gasteiger partial charge < -0.3 is 5.32 Å². The first kappa shape index (κ1) is 22.7. The van der Waals surface area contributed by atoms with Crippen LogP contribution < -0.4 is 5.32 Å². The van der Waals surface area contributed by atoms with Crippen LogP contribution in [0.4, 0.5) is 4.39 Å². The molecule has 31 heavy (non-hydrogen) atoms. The molecule has 0 aliphatic heterocycles. The molecule has 0 bridgehead atoms. The SMILES string of the molecule is CNCc1cc(-c2ccccc2F)n(S(=O)(=O)c2cncc(-n3cc(C)cn3)c2)c1.Cl. The Kier molecular flexibility index (Phi) is 6.59. The Bertz CT molecular complexity index is 1320. The van der Waals surface area contributed by atoms with Crippen LogP contribution in [0.2, 0.25) is 0 Å². The van der Waals surface area contributed by atoms with Gasteiger partial charge in [-0.3, -0.25) is 4.98 Å². The van der Waals surface area contributed by atoms with Crippen LogP contribution in [0.3, 0.4) is 0 Å². The minimum atomic E-state index is -4.04. The maximum absolute atomic E-state index is 14.5. The van der Waals surface area contributed by atoms with Crippen molar-refractivity contribution >= 4 is 22.4 Å². The van der Waals surface area contributed by atoms with Crippen LogP contribution >= 0.6 is 12.4 Å². The van der Waals surface area contributed by atoms with E-state index in [0.29, 0.717) is 17.8 Å². The van der Waals surface area contributed by atoms with Gasteiger partial charge in [0.25, 0.3) is 10.0 Å². The topological polar surface area (TPSA) is 81.8 Å². The number of pyridine rings is 1. The van der Waals surface area contributed by atoms with E-state index in [1.54, 1.807) is 48.4 Å². The van der Waals surface area contributed by atoms with Gasteiger partial charge in [-0.25, -0.2) is 21.5 Å². The van der Waals surface area contributed by atoms with Crippen molar-refractivity contribution in [2.45, 2.75) is 18.4 Å². The second-order valence-electron chi connectivity index (χ2n) is 6.89. The molecule has 4 aromatic rings. The highest BCUT2D eigenvalue weighted by atomic mass is 35.5. The maximum Gasteiger partial charge on any atom is 0.269 e. The fourth-order valence-corrected chi connectivity index (χ4v) is 4.58. The number of aromatic nitrogens is 4. The molecule has 0 radical (unpaired) electrons. The van der Waals surface area contributed by atoms with Gasteiger partial charge in [0.2, 0.25) is 0 Å². The van der Waals surface area contributed by atoms with Crippen LogP contribution in [0.1, 0.15) is 11.1 Å². The summed E-state index contributed by atoms with van der Waals surface area (Å²) in [5, 5.41) is 7.19. The molecule has 0 unspecified atom stereocenters. The molecule has 0 aliphatic rings. The number of hydrogen-bond donors (Lipinski definition) is 1. The highest BCUT2D eigenvalue weighted by Crippen LogP contribution is 2.29. The molecule has 3 heterocycles. The molecule has 0 fully saturated rings. The molecule has 0 saturated carbocycles. The summed E-state index contributed by atoms with van der Waals surface area (Å²) in [6.07, 6.45) is 7.76. The molecule has 0 aliphatic carbocycles. The van der Waals surface area contributed by atoms with Gasteiger partial charge in [0, 0.05) is 30.7 Å². The Hall–Kier alpha value is -3.01. The number of aryl methyl sites for hydroxylation is 1. The van der Waals surface area contributed by atoms with E-state index in [1.807, 2.05) is 6.92 Å². The van der Waals surface area contributed by atoms with Crippen LogP contribution in [-0.2, 0) is 16.6 Å². The van der Waals surface area contributed by atoms with E-state index in [2.05, 4.69) is 15.4 Å². The van der Waals surface area contributed by atoms with Gasteiger partial charge in [-0.05, 0) is 49.4 Å². The van der Waals surface area contributed by atoms with Gasteiger partial charge in [0.15, 0.2) is 0 Å². The summed E-state index contributed by atoms with van der Waals surface area (Å²) in [6.45, 7) is 2.33. The van der Waals surface area contributed by atoms with E-state index in [9.17, 15) is 12.8 Å². The third-order valence-electron chi connectivity index (χ3n) is 4.61. The standard InChI is InChI=1S/C21H20FN5O2S.ClH/c1-15-9-25-26(13-15)17-8-18(12-24-11-17)30(28,29)27-14-16(10-23-2)7-21(27)19-5-3-4-6-20(19)22;/h3-9,11-14,23H,10H2,1-2H3;1H. The third kappa shape index (κ3) is 4.39.